The lowest BCUT2D eigenvalue weighted by atomic mass is 10.00. The van der Waals surface area contributed by atoms with Crippen molar-refractivity contribution >= 4 is 5.97 Å². The van der Waals surface area contributed by atoms with Crippen molar-refractivity contribution in [1.29, 1.82) is 0 Å². The third-order valence-electron chi connectivity index (χ3n) is 3.19. The molecular formula is C16H16O4. The topological polar surface area (TPSA) is 77.8 Å². The zero-order valence-corrected chi connectivity index (χ0v) is 10.9. The zero-order chi connectivity index (χ0) is 14.5. The molecule has 4 heteroatoms. The Bertz CT molecular complexity index is 593. The predicted octanol–water partition coefficient (Wildman–Crippen LogP) is 2.76. The molecule has 0 bridgehead atoms. The molecule has 0 aliphatic heterocycles. The Morgan fingerprint density at radius 3 is 2.40 bits per heavy atom. The van der Waals surface area contributed by atoms with Crippen molar-refractivity contribution in [1.82, 2.24) is 0 Å². The van der Waals surface area contributed by atoms with Crippen molar-refractivity contribution in [3.8, 4) is 5.75 Å². The van der Waals surface area contributed by atoms with E-state index in [2.05, 4.69) is 0 Å². The quantitative estimate of drug-likeness (QED) is 0.782. The molecule has 3 N–H and O–H groups in total. The average molecular weight is 272 g/mol. The first-order valence-electron chi connectivity index (χ1n) is 6.36. The van der Waals surface area contributed by atoms with Gasteiger partial charge in [0.2, 0.25) is 0 Å². The van der Waals surface area contributed by atoms with E-state index in [9.17, 15) is 15.0 Å². The van der Waals surface area contributed by atoms with E-state index < -0.39 is 12.1 Å². The smallest absolute Gasteiger partial charge is 0.339 e. The van der Waals surface area contributed by atoms with E-state index in [0.29, 0.717) is 18.4 Å². The number of carboxylic acids is 1. The van der Waals surface area contributed by atoms with Crippen LogP contribution < -0.4 is 0 Å². The highest BCUT2D eigenvalue weighted by molar-refractivity contribution is 5.90. The van der Waals surface area contributed by atoms with Gasteiger partial charge in [0.1, 0.15) is 11.3 Å². The molecular weight excluding hydrogens is 256 g/mol. The predicted molar refractivity (Wildman–Crippen MR) is 74.8 cm³/mol. The summed E-state index contributed by atoms with van der Waals surface area (Å²) in [5.74, 6) is -1.51. The minimum Gasteiger partial charge on any atom is -0.507 e. The van der Waals surface area contributed by atoms with E-state index in [0.717, 1.165) is 5.56 Å². The highest BCUT2D eigenvalue weighted by atomic mass is 16.4. The summed E-state index contributed by atoms with van der Waals surface area (Å²) >= 11 is 0. The molecule has 0 aliphatic rings. The molecule has 20 heavy (non-hydrogen) atoms. The van der Waals surface area contributed by atoms with Gasteiger partial charge in [-0.15, -0.1) is 0 Å². The van der Waals surface area contributed by atoms with Crippen LogP contribution in [-0.2, 0) is 6.42 Å². The number of aliphatic hydroxyl groups excluding tert-OH is 1. The molecule has 0 amide bonds. The van der Waals surface area contributed by atoms with Crippen LogP contribution in [0.1, 0.15) is 34.0 Å². The first-order chi connectivity index (χ1) is 9.58. The Balaban J connectivity index is 2.04. The molecule has 0 saturated carbocycles. The molecule has 0 aliphatic carbocycles. The Labute approximate surface area is 116 Å². The van der Waals surface area contributed by atoms with Crippen molar-refractivity contribution in [3.63, 3.8) is 0 Å². The number of aryl methyl sites for hydroxylation is 1. The number of phenols is 1. The molecule has 1 atom stereocenters. The molecule has 2 rings (SSSR count). The SMILES string of the molecule is O=C(O)c1ccc(C(O)CCc2ccccc2)cc1O. The molecule has 0 heterocycles. The van der Waals surface area contributed by atoms with Crippen LogP contribution in [-0.4, -0.2) is 21.3 Å². The van der Waals surface area contributed by atoms with Crippen molar-refractivity contribution in [2.75, 3.05) is 0 Å². The van der Waals surface area contributed by atoms with Crippen LogP contribution in [0.2, 0.25) is 0 Å². The fourth-order valence-corrected chi connectivity index (χ4v) is 2.05. The maximum Gasteiger partial charge on any atom is 0.339 e. The van der Waals surface area contributed by atoms with Crippen molar-refractivity contribution < 1.29 is 20.1 Å². The first-order valence-corrected chi connectivity index (χ1v) is 6.36. The number of benzene rings is 2. The van der Waals surface area contributed by atoms with Gasteiger partial charge < -0.3 is 15.3 Å². The lowest BCUT2D eigenvalue weighted by Gasteiger charge is -2.12. The number of aliphatic hydroxyl groups is 1. The molecule has 0 saturated heterocycles. The van der Waals surface area contributed by atoms with E-state index in [-0.39, 0.29) is 11.3 Å². The summed E-state index contributed by atoms with van der Waals surface area (Å²) in [4.78, 5) is 10.8. The van der Waals surface area contributed by atoms with E-state index in [1.54, 1.807) is 0 Å². The summed E-state index contributed by atoms with van der Waals surface area (Å²) in [7, 11) is 0. The Morgan fingerprint density at radius 1 is 1.10 bits per heavy atom. The number of rotatable bonds is 5. The number of aromatic carboxylic acids is 1. The lowest BCUT2D eigenvalue weighted by Crippen LogP contribution is -2.02. The molecule has 2 aromatic carbocycles. The van der Waals surface area contributed by atoms with Gasteiger partial charge in [0, 0.05) is 0 Å². The highest BCUT2D eigenvalue weighted by Gasteiger charge is 2.13. The van der Waals surface area contributed by atoms with Crippen LogP contribution in [0.25, 0.3) is 0 Å². The number of aromatic hydroxyl groups is 1. The zero-order valence-electron chi connectivity index (χ0n) is 10.9. The van der Waals surface area contributed by atoms with Gasteiger partial charge in [0.15, 0.2) is 0 Å². The second-order valence-electron chi connectivity index (χ2n) is 4.62. The van der Waals surface area contributed by atoms with Gasteiger partial charge in [-0.2, -0.15) is 0 Å². The molecule has 2 aromatic rings. The van der Waals surface area contributed by atoms with Crippen LogP contribution >= 0.6 is 0 Å². The Morgan fingerprint density at radius 2 is 1.80 bits per heavy atom. The molecule has 0 spiro atoms. The third-order valence-corrected chi connectivity index (χ3v) is 3.19. The second-order valence-corrected chi connectivity index (χ2v) is 4.62. The van der Waals surface area contributed by atoms with Gasteiger partial charge in [-0.25, -0.2) is 4.79 Å². The molecule has 1 unspecified atom stereocenters. The number of hydrogen-bond donors (Lipinski definition) is 3. The van der Waals surface area contributed by atoms with Crippen molar-refractivity contribution in [3.05, 3.63) is 65.2 Å². The van der Waals surface area contributed by atoms with Crippen LogP contribution in [0, 0.1) is 0 Å². The van der Waals surface area contributed by atoms with Gasteiger partial charge in [0.05, 0.1) is 6.10 Å². The van der Waals surface area contributed by atoms with Crippen LogP contribution in [0.4, 0.5) is 0 Å². The minimum atomic E-state index is -1.19. The third kappa shape index (κ3) is 3.36. The van der Waals surface area contributed by atoms with Crippen LogP contribution in [0.15, 0.2) is 48.5 Å². The second kappa shape index (κ2) is 6.21. The number of carbonyl (C=O) groups is 1. The molecule has 0 fully saturated rings. The van der Waals surface area contributed by atoms with E-state index in [1.165, 1.54) is 18.2 Å². The van der Waals surface area contributed by atoms with Gasteiger partial charge in [-0.05, 0) is 36.1 Å². The fourth-order valence-electron chi connectivity index (χ4n) is 2.05. The summed E-state index contributed by atoms with van der Waals surface area (Å²) in [5, 5.41) is 28.5. The molecule has 0 aromatic heterocycles. The summed E-state index contributed by atoms with van der Waals surface area (Å²) in [6, 6.07) is 13.9. The lowest BCUT2D eigenvalue weighted by molar-refractivity contribution is 0.0693. The van der Waals surface area contributed by atoms with Gasteiger partial charge in [-0.1, -0.05) is 36.4 Å². The highest BCUT2D eigenvalue weighted by Crippen LogP contribution is 2.25. The van der Waals surface area contributed by atoms with E-state index in [4.69, 9.17) is 5.11 Å². The Hall–Kier alpha value is -2.33. The van der Waals surface area contributed by atoms with Gasteiger partial charge in [-0.3, -0.25) is 0 Å². The van der Waals surface area contributed by atoms with Crippen LogP contribution in [0.3, 0.4) is 0 Å². The first kappa shape index (κ1) is 14.1. The normalized spacial score (nSPS) is 12.1. The van der Waals surface area contributed by atoms with Crippen molar-refractivity contribution in [2.45, 2.75) is 18.9 Å². The number of carboxylic acid groups (broad SMARTS) is 1. The van der Waals surface area contributed by atoms with Gasteiger partial charge in [0.25, 0.3) is 0 Å². The van der Waals surface area contributed by atoms with Crippen LogP contribution in [0.5, 0.6) is 5.75 Å². The minimum absolute atomic E-state index is 0.163. The maximum absolute atomic E-state index is 10.8. The van der Waals surface area contributed by atoms with E-state index >= 15 is 0 Å². The summed E-state index contributed by atoms with van der Waals surface area (Å²) < 4.78 is 0. The standard InChI is InChI=1S/C16H16O4/c17-14(9-6-11-4-2-1-3-5-11)12-7-8-13(16(19)20)15(18)10-12/h1-5,7-8,10,14,17-18H,6,9H2,(H,19,20). The Kier molecular flexibility index (Phi) is 4.38. The van der Waals surface area contributed by atoms with Crippen molar-refractivity contribution in [2.24, 2.45) is 0 Å². The molecule has 4 nitrogen and oxygen atoms in total. The summed E-state index contributed by atoms with van der Waals surface area (Å²) in [5.41, 5.74) is 1.48. The maximum atomic E-state index is 10.8. The molecule has 0 radical (unpaired) electrons. The van der Waals surface area contributed by atoms with E-state index in [1.807, 2.05) is 30.3 Å². The largest absolute Gasteiger partial charge is 0.507 e. The molecule has 104 valence electrons. The number of hydrogen-bond acceptors (Lipinski definition) is 3. The fraction of sp³-hybridized carbons (Fsp3) is 0.188. The van der Waals surface area contributed by atoms with Gasteiger partial charge >= 0.3 is 5.97 Å². The summed E-state index contributed by atoms with van der Waals surface area (Å²) in [6.45, 7) is 0. The summed E-state index contributed by atoms with van der Waals surface area (Å²) in [6.07, 6.45) is 0.489. The monoisotopic (exact) mass is 272 g/mol. The average Bonchev–Trinajstić information content (AvgIpc) is 2.45.